The van der Waals surface area contributed by atoms with Crippen LogP contribution in [0.3, 0.4) is 0 Å². The molecule has 0 saturated heterocycles. The predicted octanol–water partition coefficient (Wildman–Crippen LogP) is 3.55. The Morgan fingerprint density at radius 3 is 2.86 bits per heavy atom. The second-order valence-corrected chi connectivity index (χ2v) is 6.36. The van der Waals surface area contributed by atoms with Gasteiger partial charge in [0.05, 0.1) is 6.04 Å². The van der Waals surface area contributed by atoms with Crippen LogP contribution in [0.15, 0.2) is 42.7 Å². The third-order valence-corrected chi connectivity index (χ3v) is 5.01. The first-order valence-electron chi connectivity index (χ1n) is 7.92. The van der Waals surface area contributed by atoms with E-state index in [0.717, 1.165) is 37.1 Å². The summed E-state index contributed by atoms with van der Waals surface area (Å²) in [5.74, 6) is 1.44. The lowest BCUT2D eigenvalue weighted by molar-refractivity contribution is -0.124. The van der Waals surface area contributed by atoms with Crippen molar-refractivity contribution < 1.29 is 4.79 Å². The number of carbonyl (C=O) groups is 1. The van der Waals surface area contributed by atoms with Crippen LogP contribution >= 0.6 is 0 Å². The third kappa shape index (κ3) is 2.10. The van der Waals surface area contributed by atoms with Crippen LogP contribution in [0.1, 0.15) is 43.7 Å². The Morgan fingerprint density at radius 1 is 1.27 bits per heavy atom. The van der Waals surface area contributed by atoms with Gasteiger partial charge in [0.2, 0.25) is 0 Å². The lowest BCUT2D eigenvalue weighted by Crippen LogP contribution is -2.22. The van der Waals surface area contributed by atoms with E-state index in [4.69, 9.17) is 0 Å². The molecule has 112 valence electrons. The minimum absolute atomic E-state index is 0.0545. The molecule has 2 aromatic rings. The molecule has 1 fully saturated rings. The highest BCUT2D eigenvalue weighted by Gasteiger charge is 2.33. The number of hydrogen-bond donors (Lipinski definition) is 0. The van der Waals surface area contributed by atoms with Gasteiger partial charge in [-0.1, -0.05) is 36.4 Å². The molecule has 2 heterocycles. The molecule has 4 heteroatoms. The molecule has 0 bridgehead atoms. The largest absolute Gasteiger partial charge is 0.305 e. The molecule has 0 amide bonds. The number of allylic oxidation sites excluding steroid dienone is 1. The van der Waals surface area contributed by atoms with E-state index < -0.39 is 0 Å². The first kappa shape index (κ1) is 13.4. The van der Waals surface area contributed by atoms with E-state index in [0.29, 0.717) is 12.2 Å². The number of fused-ring (bicyclic) bond motifs is 3. The minimum atomic E-state index is 0.0545. The highest BCUT2D eigenvalue weighted by Crippen LogP contribution is 2.40. The lowest BCUT2D eigenvalue weighted by atomic mass is 9.82. The van der Waals surface area contributed by atoms with Gasteiger partial charge in [-0.25, -0.2) is 0 Å². The van der Waals surface area contributed by atoms with Crippen LogP contribution in [-0.4, -0.2) is 20.5 Å². The van der Waals surface area contributed by atoms with Crippen molar-refractivity contribution >= 4 is 5.78 Å². The number of nitrogens with zero attached hydrogens (tertiary/aromatic N) is 3. The van der Waals surface area contributed by atoms with Crippen molar-refractivity contribution in [2.45, 2.75) is 38.1 Å². The molecule has 0 spiro atoms. The molecular formula is C18H19N3O. The highest BCUT2D eigenvalue weighted by molar-refractivity contribution is 5.83. The molecule has 1 aliphatic heterocycles. The molecule has 1 saturated carbocycles. The molecule has 4 rings (SSSR count). The van der Waals surface area contributed by atoms with Crippen molar-refractivity contribution in [2.75, 3.05) is 0 Å². The third-order valence-electron chi connectivity index (χ3n) is 5.01. The van der Waals surface area contributed by atoms with Gasteiger partial charge in [-0.2, -0.15) is 0 Å². The maximum atomic E-state index is 12.7. The lowest BCUT2D eigenvalue weighted by Gasteiger charge is -2.24. The van der Waals surface area contributed by atoms with Crippen molar-refractivity contribution in [1.29, 1.82) is 0 Å². The average molecular weight is 293 g/mol. The average Bonchev–Trinajstić information content (AvgIpc) is 3.11. The Hall–Kier alpha value is -2.23. The van der Waals surface area contributed by atoms with E-state index in [1.54, 1.807) is 6.33 Å². The summed E-state index contributed by atoms with van der Waals surface area (Å²) in [6, 6.07) is 8.25. The van der Waals surface area contributed by atoms with Gasteiger partial charge in [-0.05, 0) is 31.2 Å². The number of hydrogen-bond acceptors (Lipinski definition) is 3. The maximum Gasteiger partial charge on any atom is 0.164 e. The molecule has 1 aromatic heterocycles. The molecule has 0 radical (unpaired) electrons. The summed E-state index contributed by atoms with van der Waals surface area (Å²) in [4.78, 5) is 12.7. The van der Waals surface area contributed by atoms with Crippen molar-refractivity contribution in [3.63, 3.8) is 0 Å². The summed E-state index contributed by atoms with van der Waals surface area (Å²) in [5.41, 5.74) is 3.59. The quantitative estimate of drug-likeness (QED) is 0.813. The zero-order chi connectivity index (χ0) is 15.1. The fraction of sp³-hybridized carbons (Fsp3) is 0.389. The topological polar surface area (TPSA) is 47.8 Å². The van der Waals surface area contributed by atoms with Crippen LogP contribution in [0.2, 0.25) is 0 Å². The summed E-state index contributed by atoms with van der Waals surface area (Å²) in [7, 11) is 0. The molecule has 4 nitrogen and oxygen atoms in total. The Morgan fingerprint density at radius 2 is 2.05 bits per heavy atom. The van der Waals surface area contributed by atoms with E-state index in [1.807, 2.05) is 16.7 Å². The highest BCUT2D eigenvalue weighted by atomic mass is 16.1. The van der Waals surface area contributed by atoms with Crippen LogP contribution in [0.25, 0.3) is 11.4 Å². The first-order chi connectivity index (χ1) is 10.7. The first-order valence-corrected chi connectivity index (χ1v) is 7.92. The van der Waals surface area contributed by atoms with Gasteiger partial charge in [0, 0.05) is 17.9 Å². The summed E-state index contributed by atoms with van der Waals surface area (Å²) >= 11 is 0. The summed E-state index contributed by atoms with van der Waals surface area (Å²) in [6.07, 6.45) is 6.20. The van der Waals surface area contributed by atoms with E-state index in [2.05, 4.69) is 28.9 Å². The predicted molar refractivity (Wildman–Crippen MR) is 84.3 cm³/mol. The van der Waals surface area contributed by atoms with Gasteiger partial charge >= 0.3 is 0 Å². The number of ketones is 1. The Kier molecular flexibility index (Phi) is 3.17. The number of rotatable bonds is 3. The fourth-order valence-electron chi connectivity index (χ4n) is 3.72. The van der Waals surface area contributed by atoms with Crippen molar-refractivity contribution in [2.24, 2.45) is 5.92 Å². The molecule has 1 aliphatic carbocycles. The van der Waals surface area contributed by atoms with Crippen LogP contribution in [0, 0.1) is 5.92 Å². The molecule has 0 N–H and O–H groups in total. The smallest absolute Gasteiger partial charge is 0.164 e. The maximum absolute atomic E-state index is 12.7. The zero-order valence-electron chi connectivity index (χ0n) is 12.5. The number of carbonyl (C=O) groups excluding carboxylic acids is 1. The monoisotopic (exact) mass is 293 g/mol. The SMILES string of the molecule is C=C1CCC(C(=O)CC2c3ccccc3-c3nncn32)CC1. The molecule has 1 atom stereocenters. The van der Waals surface area contributed by atoms with Gasteiger partial charge in [0.15, 0.2) is 5.82 Å². The van der Waals surface area contributed by atoms with Crippen LogP contribution in [0.5, 0.6) is 0 Å². The molecule has 1 aromatic carbocycles. The van der Waals surface area contributed by atoms with Gasteiger partial charge < -0.3 is 4.57 Å². The van der Waals surface area contributed by atoms with Gasteiger partial charge in [-0.15, -0.1) is 10.2 Å². The summed E-state index contributed by atoms with van der Waals surface area (Å²) < 4.78 is 2.05. The summed E-state index contributed by atoms with van der Waals surface area (Å²) in [5, 5.41) is 8.22. The van der Waals surface area contributed by atoms with E-state index >= 15 is 0 Å². The van der Waals surface area contributed by atoms with Crippen LogP contribution in [0.4, 0.5) is 0 Å². The number of Topliss-reactive ketones (excluding diaryl/α,β-unsaturated/α-hetero) is 1. The second kappa shape index (κ2) is 5.20. The zero-order valence-corrected chi connectivity index (χ0v) is 12.5. The van der Waals surface area contributed by atoms with Gasteiger partial charge in [0.1, 0.15) is 12.1 Å². The molecule has 2 aliphatic rings. The Balaban J connectivity index is 1.58. The minimum Gasteiger partial charge on any atom is -0.305 e. The van der Waals surface area contributed by atoms with E-state index in [1.165, 1.54) is 11.1 Å². The van der Waals surface area contributed by atoms with E-state index in [-0.39, 0.29) is 12.0 Å². The van der Waals surface area contributed by atoms with Crippen molar-refractivity contribution in [1.82, 2.24) is 14.8 Å². The normalized spacial score (nSPS) is 20.7. The molecule has 1 unspecified atom stereocenters. The van der Waals surface area contributed by atoms with E-state index in [9.17, 15) is 4.79 Å². The van der Waals surface area contributed by atoms with Crippen molar-refractivity contribution in [3.8, 4) is 11.4 Å². The Labute approximate surface area is 129 Å². The van der Waals surface area contributed by atoms with Crippen molar-refractivity contribution in [3.05, 3.63) is 48.3 Å². The van der Waals surface area contributed by atoms with Gasteiger partial charge in [0.25, 0.3) is 0 Å². The standard InChI is InChI=1S/C18H19N3O/c1-12-6-8-13(9-7-12)17(22)10-16-14-4-2-3-5-15(14)18-20-19-11-21(16)18/h2-5,11,13,16H,1,6-10H2. The fourth-order valence-corrected chi connectivity index (χ4v) is 3.72. The second-order valence-electron chi connectivity index (χ2n) is 6.36. The number of benzene rings is 1. The molecular weight excluding hydrogens is 274 g/mol. The summed E-state index contributed by atoms with van der Waals surface area (Å²) in [6.45, 7) is 4.03. The number of aromatic nitrogens is 3. The Bertz CT molecular complexity index is 736. The van der Waals surface area contributed by atoms with Gasteiger partial charge in [-0.3, -0.25) is 4.79 Å². The van der Waals surface area contributed by atoms with Crippen LogP contribution in [-0.2, 0) is 4.79 Å². The molecule has 22 heavy (non-hydrogen) atoms. The van der Waals surface area contributed by atoms with Crippen LogP contribution < -0.4 is 0 Å².